The van der Waals surface area contributed by atoms with E-state index in [1.807, 2.05) is 13.8 Å². The number of aliphatic carboxylic acids is 1. The van der Waals surface area contributed by atoms with Crippen molar-refractivity contribution in [3.8, 4) is 0 Å². The van der Waals surface area contributed by atoms with E-state index in [0.29, 0.717) is 0 Å². The zero-order valence-corrected chi connectivity index (χ0v) is 13.7. The largest absolute Gasteiger partial charge is 0.481 e. The maximum atomic E-state index is 12.3. The Morgan fingerprint density at radius 2 is 1.81 bits per heavy atom. The molecule has 0 aromatic carbocycles. The van der Waals surface area contributed by atoms with Gasteiger partial charge in [-0.15, -0.1) is 0 Å². The van der Waals surface area contributed by atoms with Gasteiger partial charge in [0.2, 0.25) is 10.0 Å². The zero-order chi connectivity index (χ0) is 16.5. The molecule has 0 aliphatic rings. The summed E-state index contributed by atoms with van der Waals surface area (Å²) in [5.74, 6) is -1.78. The van der Waals surface area contributed by atoms with Crippen LogP contribution in [0.5, 0.6) is 0 Å². The lowest BCUT2D eigenvalue weighted by Crippen LogP contribution is -2.40. The monoisotopic (exact) mass is 323 g/mol. The van der Waals surface area contributed by atoms with E-state index in [0.717, 1.165) is 17.1 Å². The minimum absolute atomic E-state index is 0.0260. The van der Waals surface area contributed by atoms with Gasteiger partial charge in [0, 0.05) is 13.0 Å². The molecule has 124 valence electrons. The number of carbonyl (C=O) groups excluding carboxylic acids is 1. The predicted molar refractivity (Wildman–Crippen MR) is 78.3 cm³/mol. The first-order valence-electron chi connectivity index (χ1n) is 7.03. The molecule has 1 N–H and O–H groups in total. The topological polar surface area (TPSA) is 101 Å². The van der Waals surface area contributed by atoms with Crippen molar-refractivity contribution in [3.63, 3.8) is 0 Å². The van der Waals surface area contributed by atoms with Crippen LogP contribution in [0.1, 0.15) is 39.5 Å². The molecule has 7 nitrogen and oxygen atoms in total. The highest BCUT2D eigenvalue weighted by molar-refractivity contribution is 7.89. The number of rotatable bonds is 11. The van der Waals surface area contributed by atoms with Gasteiger partial charge in [0.05, 0.1) is 12.9 Å². The molecule has 0 fully saturated rings. The molecule has 0 atom stereocenters. The number of sulfonamides is 1. The van der Waals surface area contributed by atoms with E-state index in [1.165, 1.54) is 7.11 Å². The standard InChI is InChI=1S/C13H25NO6S/c1-4-11(5-2)9-14(10-13(17)20-3)21(18,19)8-6-7-12(15)16/h11H,4-10H2,1-3H3,(H,15,16). The van der Waals surface area contributed by atoms with Crippen LogP contribution in [0.4, 0.5) is 0 Å². The third-order valence-corrected chi connectivity index (χ3v) is 5.21. The quantitative estimate of drug-likeness (QED) is 0.571. The van der Waals surface area contributed by atoms with Gasteiger partial charge < -0.3 is 9.84 Å². The first-order valence-corrected chi connectivity index (χ1v) is 8.64. The number of esters is 1. The minimum atomic E-state index is -3.67. The Bertz CT molecular complexity index is 430. The van der Waals surface area contributed by atoms with E-state index >= 15 is 0 Å². The van der Waals surface area contributed by atoms with Crippen LogP contribution < -0.4 is 0 Å². The predicted octanol–water partition coefficient (Wildman–Crippen LogP) is 1.09. The second-order valence-corrected chi connectivity index (χ2v) is 6.95. The maximum absolute atomic E-state index is 12.3. The molecule has 0 amide bonds. The van der Waals surface area contributed by atoms with Crippen LogP contribution in [-0.2, 0) is 24.3 Å². The molecule has 0 aliphatic heterocycles. The normalized spacial score (nSPS) is 11.9. The van der Waals surface area contributed by atoms with Crippen molar-refractivity contribution in [1.29, 1.82) is 0 Å². The molecule has 0 aliphatic carbocycles. The van der Waals surface area contributed by atoms with Gasteiger partial charge in [0.25, 0.3) is 0 Å². The lowest BCUT2D eigenvalue weighted by molar-refractivity contribution is -0.141. The van der Waals surface area contributed by atoms with Crippen molar-refractivity contribution < 1.29 is 27.9 Å². The second kappa shape index (κ2) is 9.73. The first kappa shape index (κ1) is 19.9. The molecule has 0 rings (SSSR count). The van der Waals surface area contributed by atoms with E-state index in [9.17, 15) is 18.0 Å². The average molecular weight is 323 g/mol. The summed E-state index contributed by atoms with van der Waals surface area (Å²) < 4.78 is 30.2. The van der Waals surface area contributed by atoms with Crippen LogP contribution in [0.2, 0.25) is 0 Å². The molecule has 8 heteroatoms. The van der Waals surface area contributed by atoms with Crippen molar-refractivity contribution in [1.82, 2.24) is 4.31 Å². The van der Waals surface area contributed by atoms with E-state index < -0.39 is 22.0 Å². The maximum Gasteiger partial charge on any atom is 0.321 e. The molecule has 0 aromatic heterocycles. The summed E-state index contributed by atoms with van der Waals surface area (Å²) in [7, 11) is -2.47. The first-order chi connectivity index (χ1) is 9.76. The van der Waals surface area contributed by atoms with Gasteiger partial charge in [0.1, 0.15) is 6.54 Å². The third kappa shape index (κ3) is 8.01. The number of carbonyl (C=O) groups is 2. The number of carboxylic acids is 1. The summed E-state index contributed by atoms with van der Waals surface area (Å²) in [6.07, 6.45) is 1.42. The Hall–Kier alpha value is -1.15. The van der Waals surface area contributed by atoms with Crippen molar-refractivity contribution in [3.05, 3.63) is 0 Å². The average Bonchev–Trinajstić information content (AvgIpc) is 2.42. The Balaban J connectivity index is 4.89. The molecule has 0 saturated heterocycles. The number of methoxy groups -OCH3 is 1. The molecule has 0 bridgehead atoms. The summed E-state index contributed by atoms with van der Waals surface area (Å²) in [4.78, 5) is 21.9. The smallest absolute Gasteiger partial charge is 0.321 e. The van der Waals surface area contributed by atoms with E-state index in [2.05, 4.69) is 4.74 Å². The van der Waals surface area contributed by atoms with Crippen LogP contribution in [0, 0.1) is 5.92 Å². The Kier molecular flexibility index (Phi) is 9.19. The Morgan fingerprint density at radius 1 is 1.24 bits per heavy atom. The molecular weight excluding hydrogens is 298 g/mol. The second-order valence-electron chi connectivity index (χ2n) is 4.86. The molecule has 0 spiro atoms. The summed E-state index contributed by atoms with van der Waals surface area (Å²) >= 11 is 0. The van der Waals surface area contributed by atoms with Crippen molar-refractivity contribution in [2.24, 2.45) is 5.92 Å². The van der Waals surface area contributed by atoms with E-state index in [-0.39, 0.29) is 37.6 Å². The molecule has 21 heavy (non-hydrogen) atoms. The molecular formula is C13H25NO6S. The highest BCUT2D eigenvalue weighted by atomic mass is 32.2. The molecule has 0 radical (unpaired) electrons. The number of carboxylic acid groups (broad SMARTS) is 1. The van der Waals surface area contributed by atoms with Crippen molar-refractivity contribution in [2.75, 3.05) is 26.0 Å². The summed E-state index contributed by atoms with van der Waals surface area (Å²) in [5, 5.41) is 8.57. The highest BCUT2D eigenvalue weighted by Crippen LogP contribution is 2.14. The Morgan fingerprint density at radius 3 is 2.24 bits per heavy atom. The lowest BCUT2D eigenvalue weighted by Gasteiger charge is -2.25. The van der Waals surface area contributed by atoms with Gasteiger partial charge in [-0.1, -0.05) is 26.7 Å². The molecule has 0 unspecified atom stereocenters. The zero-order valence-electron chi connectivity index (χ0n) is 12.9. The molecule has 0 aromatic rings. The summed E-state index contributed by atoms with van der Waals surface area (Å²) in [6, 6.07) is 0. The van der Waals surface area contributed by atoms with E-state index in [4.69, 9.17) is 5.11 Å². The fourth-order valence-electron chi connectivity index (χ4n) is 1.85. The van der Waals surface area contributed by atoms with E-state index in [1.54, 1.807) is 0 Å². The van der Waals surface area contributed by atoms with Gasteiger partial charge in [0.15, 0.2) is 0 Å². The third-order valence-electron chi connectivity index (χ3n) is 3.34. The highest BCUT2D eigenvalue weighted by Gasteiger charge is 2.26. The SMILES string of the molecule is CCC(CC)CN(CC(=O)OC)S(=O)(=O)CCCC(=O)O. The van der Waals surface area contributed by atoms with Crippen LogP contribution in [-0.4, -0.2) is 55.7 Å². The number of nitrogens with zero attached hydrogens (tertiary/aromatic N) is 1. The summed E-state index contributed by atoms with van der Waals surface area (Å²) in [5.41, 5.74) is 0. The molecule has 0 saturated carbocycles. The van der Waals surface area contributed by atoms with Gasteiger partial charge in [-0.3, -0.25) is 9.59 Å². The van der Waals surface area contributed by atoms with Crippen molar-refractivity contribution >= 4 is 22.0 Å². The molecule has 0 heterocycles. The fourth-order valence-corrected chi connectivity index (χ4v) is 3.36. The summed E-state index contributed by atoms with van der Waals surface area (Å²) in [6.45, 7) is 3.84. The van der Waals surface area contributed by atoms with Gasteiger partial charge in [-0.25, -0.2) is 8.42 Å². The number of hydrogen-bond donors (Lipinski definition) is 1. The number of hydrogen-bond acceptors (Lipinski definition) is 5. The van der Waals surface area contributed by atoms with Crippen LogP contribution in [0.15, 0.2) is 0 Å². The fraction of sp³-hybridized carbons (Fsp3) is 0.846. The van der Waals surface area contributed by atoms with Gasteiger partial charge in [-0.05, 0) is 12.3 Å². The van der Waals surface area contributed by atoms with Crippen LogP contribution in [0.25, 0.3) is 0 Å². The minimum Gasteiger partial charge on any atom is -0.481 e. The van der Waals surface area contributed by atoms with Crippen molar-refractivity contribution in [2.45, 2.75) is 39.5 Å². The van der Waals surface area contributed by atoms with Crippen LogP contribution in [0.3, 0.4) is 0 Å². The lowest BCUT2D eigenvalue weighted by atomic mass is 10.0. The Labute approximate surface area is 126 Å². The van der Waals surface area contributed by atoms with Crippen LogP contribution >= 0.6 is 0 Å². The number of ether oxygens (including phenoxy) is 1. The van der Waals surface area contributed by atoms with Gasteiger partial charge >= 0.3 is 11.9 Å². The van der Waals surface area contributed by atoms with Gasteiger partial charge in [-0.2, -0.15) is 4.31 Å².